The lowest BCUT2D eigenvalue weighted by Gasteiger charge is -2.26. The van der Waals surface area contributed by atoms with Gasteiger partial charge in [0.2, 0.25) is 5.95 Å². The molecule has 6 nitrogen and oxygen atoms in total. The highest BCUT2D eigenvalue weighted by Gasteiger charge is 2.15. The Morgan fingerprint density at radius 2 is 2.21 bits per heavy atom. The Morgan fingerprint density at radius 3 is 2.74 bits per heavy atom. The molecule has 1 aromatic heterocycles. The fourth-order valence-corrected chi connectivity index (χ4v) is 1.73. The molecule has 1 rings (SSSR count). The average Bonchev–Trinajstić information content (AvgIpc) is 2.32. The average molecular weight is 262 g/mol. The minimum absolute atomic E-state index is 0.111. The molecule has 0 radical (unpaired) electrons. The van der Waals surface area contributed by atoms with Gasteiger partial charge in [0.25, 0.3) is 0 Å². The van der Waals surface area contributed by atoms with Crippen molar-refractivity contribution in [3.8, 4) is 6.07 Å². The van der Waals surface area contributed by atoms with Crippen molar-refractivity contribution in [2.45, 2.75) is 39.7 Å². The van der Waals surface area contributed by atoms with Gasteiger partial charge in [-0.15, -0.1) is 0 Å². The van der Waals surface area contributed by atoms with E-state index in [0.717, 1.165) is 5.69 Å². The molecule has 1 aromatic rings. The van der Waals surface area contributed by atoms with Gasteiger partial charge in [0.1, 0.15) is 11.8 Å². The van der Waals surface area contributed by atoms with Crippen LogP contribution in [0.1, 0.15) is 38.1 Å². The molecule has 0 aliphatic carbocycles. The van der Waals surface area contributed by atoms with Crippen molar-refractivity contribution >= 4 is 11.9 Å². The zero-order chi connectivity index (χ0) is 14.4. The monoisotopic (exact) mass is 262 g/mol. The highest BCUT2D eigenvalue weighted by molar-refractivity contribution is 5.66. The Labute approximate surface area is 112 Å². The fraction of sp³-hybridized carbons (Fsp3) is 0.538. The molecule has 0 spiro atoms. The van der Waals surface area contributed by atoms with E-state index in [1.54, 1.807) is 6.07 Å². The molecule has 0 saturated heterocycles. The first-order chi connectivity index (χ1) is 8.93. The van der Waals surface area contributed by atoms with Crippen LogP contribution in [0.4, 0.5) is 5.95 Å². The lowest BCUT2D eigenvalue weighted by Crippen LogP contribution is -2.33. The normalized spacial score (nSPS) is 10.3. The van der Waals surface area contributed by atoms with Crippen LogP contribution in [-0.2, 0) is 4.79 Å². The van der Waals surface area contributed by atoms with Gasteiger partial charge in [0.05, 0.1) is 0 Å². The number of hydrogen-bond acceptors (Lipinski definition) is 5. The standard InChI is InChI=1S/C13H18N4O2/c1-9(2)17(6-4-5-12(18)19)13-15-10(3)7-11(8-14)16-13/h7,9H,4-6H2,1-3H3,(H,18,19). The maximum absolute atomic E-state index is 10.5. The van der Waals surface area contributed by atoms with Crippen molar-refractivity contribution in [3.05, 3.63) is 17.5 Å². The van der Waals surface area contributed by atoms with Gasteiger partial charge in [-0.2, -0.15) is 5.26 Å². The van der Waals surface area contributed by atoms with Gasteiger partial charge in [-0.1, -0.05) is 0 Å². The SMILES string of the molecule is Cc1cc(C#N)nc(N(CCCC(=O)O)C(C)C)n1. The maximum atomic E-state index is 10.5. The van der Waals surface area contributed by atoms with Gasteiger partial charge in [-0.05, 0) is 33.3 Å². The van der Waals surface area contributed by atoms with Crippen LogP contribution >= 0.6 is 0 Å². The summed E-state index contributed by atoms with van der Waals surface area (Å²) in [6, 6.07) is 3.77. The van der Waals surface area contributed by atoms with Crippen molar-refractivity contribution in [2.75, 3.05) is 11.4 Å². The predicted octanol–water partition coefficient (Wildman–Crippen LogP) is 1.74. The largest absolute Gasteiger partial charge is 0.481 e. The minimum atomic E-state index is -0.813. The van der Waals surface area contributed by atoms with E-state index in [0.29, 0.717) is 24.6 Å². The lowest BCUT2D eigenvalue weighted by molar-refractivity contribution is -0.137. The summed E-state index contributed by atoms with van der Waals surface area (Å²) < 4.78 is 0. The molecule has 0 fully saturated rings. The number of anilines is 1. The topological polar surface area (TPSA) is 90.1 Å². The molecule has 102 valence electrons. The Balaban J connectivity index is 2.90. The first kappa shape index (κ1) is 14.9. The number of carboxylic acid groups (broad SMARTS) is 1. The number of nitrogens with zero attached hydrogens (tertiary/aromatic N) is 4. The Morgan fingerprint density at radius 1 is 1.53 bits per heavy atom. The molecule has 0 unspecified atom stereocenters. The van der Waals surface area contributed by atoms with Crippen LogP contribution in [-0.4, -0.2) is 33.6 Å². The third kappa shape index (κ3) is 4.54. The molecule has 1 N–H and O–H groups in total. The third-order valence-electron chi connectivity index (χ3n) is 2.63. The number of rotatable bonds is 6. The van der Waals surface area contributed by atoms with Gasteiger partial charge in [-0.25, -0.2) is 9.97 Å². The molecular formula is C13H18N4O2. The second-order valence-corrected chi connectivity index (χ2v) is 4.59. The summed E-state index contributed by atoms with van der Waals surface area (Å²) in [5.74, 6) is -0.330. The van der Waals surface area contributed by atoms with Crippen molar-refractivity contribution in [1.29, 1.82) is 5.26 Å². The van der Waals surface area contributed by atoms with Gasteiger partial charge >= 0.3 is 5.97 Å². The lowest BCUT2D eigenvalue weighted by atomic mass is 10.2. The molecule has 0 bridgehead atoms. The molecule has 0 aliphatic rings. The number of carbonyl (C=O) groups is 1. The second-order valence-electron chi connectivity index (χ2n) is 4.59. The summed E-state index contributed by atoms with van der Waals surface area (Å²) in [7, 11) is 0. The van der Waals surface area contributed by atoms with E-state index < -0.39 is 5.97 Å². The van der Waals surface area contributed by atoms with Crippen molar-refractivity contribution in [3.63, 3.8) is 0 Å². The highest BCUT2D eigenvalue weighted by atomic mass is 16.4. The molecule has 0 aromatic carbocycles. The first-order valence-corrected chi connectivity index (χ1v) is 6.18. The summed E-state index contributed by atoms with van der Waals surface area (Å²) >= 11 is 0. The van der Waals surface area contributed by atoms with E-state index in [1.807, 2.05) is 31.7 Å². The molecule has 1 heterocycles. The number of nitriles is 1. The molecule has 0 saturated carbocycles. The van der Waals surface area contributed by atoms with E-state index in [2.05, 4.69) is 9.97 Å². The summed E-state index contributed by atoms with van der Waals surface area (Å²) in [5.41, 5.74) is 1.05. The maximum Gasteiger partial charge on any atom is 0.303 e. The fourth-order valence-electron chi connectivity index (χ4n) is 1.73. The van der Waals surface area contributed by atoms with Gasteiger partial charge < -0.3 is 10.0 Å². The van der Waals surface area contributed by atoms with E-state index in [4.69, 9.17) is 10.4 Å². The van der Waals surface area contributed by atoms with Crippen LogP contribution in [0.15, 0.2) is 6.07 Å². The summed E-state index contributed by atoms with van der Waals surface area (Å²) in [6.07, 6.45) is 0.632. The molecule has 0 atom stereocenters. The number of aliphatic carboxylic acids is 1. The molecule has 19 heavy (non-hydrogen) atoms. The Hall–Kier alpha value is -2.16. The number of carboxylic acids is 1. The first-order valence-electron chi connectivity index (χ1n) is 6.18. The summed E-state index contributed by atoms with van der Waals surface area (Å²) in [5, 5.41) is 17.6. The smallest absolute Gasteiger partial charge is 0.303 e. The van der Waals surface area contributed by atoms with E-state index in [-0.39, 0.29) is 12.5 Å². The Bertz CT molecular complexity index is 494. The quantitative estimate of drug-likeness (QED) is 0.839. The van der Waals surface area contributed by atoms with Crippen molar-refractivity contribution in [2.24, 2.45) is 0 Å². The zero-order valence-corrected chi connectivity index (χ0v) is 11.4. The van der Waals surface area contributed by atoms with Crippen LogP contribution in [0.25, 0.3) is 0 Å². The van der Waals surface area contributed by atoms with Crippen LogP contribution in [0.5, 0.6) is 0 Å². The van der Waals surface area contributed by atoms with Crippen LogP contribution < -0.4 is 4.90 Å². The van der Waals surface area contributed by atoms with Crippen molar-refractivity contribution in [1.82, 2.24) is 9.97 Å². The predicted molar refractivity (Wildman–Crippen MR) is 70.8 cm³/mol. The zero-order valence-electron chi connectivity index (χ0n) is 11.4. The van der Waals surface area contributed by atoms with Gasteiger partial charge in [-0.3, -0.25) is 4.79 Å². The number of aryl methyl sites for hydroxylation is 1. The summed E-state index contributed by atoms with van der Waals surface area (Å²) in [4.78, 5) is 21.0. The van der Waals surface area contributed by atoms with Crippen LogP contribution in [0, 0.1) is 18.3 Å². The third-order valence-corrected chi connectivity index (χ3v) is 2.63. The highest BCUT2D eigenvalue weighted by Crippen LogP contribution is 2.14. The molecule has 6 heteroatoms. The van der Waals surface area contributed by atoms with Gasteiger partial charge in [0.15, 0.2) is 0 Å². The number of hydrogen-bond donors (Lipinski definition) is 1. The van der Waals surface area contributed by atoms with Crippen molar-refractivity contribution < 1.29 is 9.90 Å². The van der Waals surface area contributed by atoms with Crippen LogP contribution in [0.2, 0.25) is 0 Å². The van der Waals surface area contributed by atoms with E-state index in [9.17, 15) is 4.79 Å². The van der Waals surface area contributed by atoms with Gasteiger partial charge in [0, 0.05) is 24.7 Å². The summed E-state index contributed by atoms with van der Waals surface area (Å²) in [6.45, 7) is 6.33. The van der Waals surface area contributed by atoms with E-state index in [1.165, 1.54) is 0 Å². The molecular weight excluding hydrogens is 244 g/mol. The van der Waals surface area contributed by atoms with Crippen LogP contribution in [0.3, 0.4) is 0 Å². The molecule has 0 aliphatic heterocycles. The second kappa shape index (κ2) is 6.69. The Kier molecular flexibility index (Phi) is 5.24. The molecule has 0 amide bonds. The number of aromatic nitrogens is 2. The van der Waals surface area contributed by atoms with E-state index >= 15 is 0 Å². The minimum Gasteiger partial charge on any atom is -0.481 e.